The molecule has 0 saturated carbocycles. The van der Waals surface area contributed by atoms with Gasteiger partial charge in [0.2, 0.25) is 0 Å². The zero-order chi connectivity index (χ0) is 22.0. The summed E-state index contributed by atoms with van der Waals surface area (Å²) in [5.41, 5.74) is 9.96. The van der Waals surface area contributed by atoms with Crippen LogP contribution in [0.3, 0.4) is 0 Å². The zero-order valence-corrected chi connectivity index (χ0v) is 17.7. The number of hydrogen-bond donors (Lipinski definition) is 4. The Labute approximate surface area is 180 Å². The van der Waals surface area contributed by atoms with Crippen LogP contribution in [0.15, 0.2) is 54.6 Å². The Hall–Kier alpha value is -3.94. The van der Waals surface area contributed by atoms with Gasteiger partial charge in [0.25, 0.3) is 5.91 Å². The molecule has 0 unspecified atom stereocenters. The number of hydrogen-bond acceptors (Lipinski definition) is 6. The van der Waals surface area contributed by atoms with Gasteiger partial charge in [0.1, 0.15) is 5.82 Å². The van der Waals surface area contributed by atoms with E-state index in [0.717, 1.165) is 27.7 Å². The van der Waals surface area contributed by atoms with Crippen molar-refractivity contribution in [3.8, 4) is 11.3 Å². The molecule has 0 atom stereocenters. The summed E-state index contributed by atoms with van der Waals surface area (Å²) in [6, 6.07) is 17.3. The third-order valence-electron chi connectivity index (χ3n) is 5.40. The molecule has 0 fully saturated rings. The molecule has 2 aromatic carbocycles. The summed E-state index contributed by atoms with van der Waals surface area (Å²) < 4.78 is 0. The molecule has 0 spiro atoms. The Balaban J connectivity index is 1.47. The van der Waals surface area contributed by atoms with Crippen molar-refractivity contribution in [1.82, 2.24) is 25.7 Å². The van der Waals surface area contributed by atoms with E-state index >= 15 is 0 Å². The number of nitrogen functional groups attached to an aromatic ring is 1. The van der Waals surface area contributed by atoms with Crippen LogP contribution in [0, 0.1) is 0 Å². The lowest BCUT2D eigenvalue weighted by Gasteiger charge is -2.26. The lowest BCUT2D eigenvalue weighted by atomic mass is 9.83. The molecule has 5 N–H and O–H groups in total. The van der Waals surface area contributed by atoms with Gasteiger partial charge in [-0.3, -0.25) is 9.89 Å². The number of carbonyl (C=O) groups excluding carboxylic acids is 1. The van der Waals surface area contributed by atoms with Crippen LogP contribution in [-0.4, -0.2) is 39.9 Å². The maximum Gasteiger partial charge on any atom is 0.251 e. The SMILES string of the molecule is CNC(=O)c1cccc(C(C)(C)CNc2ccc(-c3ccc4[nH]nc(N)c4c3)nn2)c1. The van der Waals surface area contributed by atoms with E-state index in [0.29, 0.717) is 23.7 Å². The van der Waals surface area contributed by atoms with Crippen molar-refractivity contribution in [2.45, 2.75) is 19.3 Å². The van der Waals surface area contributed by atoms with Gasteiger partial charge in [-0.15, -0.1) is 10.2 Å². The van der Waals surface area contributed by atoms with Gasteiger partial charge in [-0.1, -0.05) is 32.0 Å². The van der Waals surface area contributed by atoms with Gasteiger partial charge in [-0.25, -0.2) is 0 Å². The Morgan fingerprint density at radius 2 is 1.94 bits per heavy atom. The molecular weight excluding hydrogens is 390 g/mol. The average molecular weight is 416 g/mol. The average Bonchev–Trinajstić information content (AvgIpc) is 3.17. The van der Waals surface area contributed by atoms with Gasteiger partial charge in [0, 0.05) is 35.5 Å². The maximum atomic E-state index is 11.9. The second-order valence-corrected chi connectivity index (χ2v) is 8.07. The van der Waals surface area contributed by atoms with Gasteiger partial charge in [0.05, 0.1) is 11.2 Å². The third-order valence-corrected chi connectivity index (χ3v) is 5.40. The Bertz CT molecular complexity index is 1230. The van der Waals surface area contributed by atoms with Crippen molar-refractivity contribution in [3.63, 3.8) is 0 Å². The largest absolute Gasteiger partial charge is 0.382 e. The fourth-order valence-electron chi connectivity index (χ4n) is 3.41. The minimum atomic E-state index is -0.214. The number of fused-ring (bicyclic) bond motifs is 1. The van der Waals surface area contributed by atoms with Crippen molar-refractivity contribution in [2.24, 2.45) is 0 Å². The Morgan fingerprint density at radius 3 is 2.68 bits per heavy atom. The first-order valence-electron chi connectivity index (χ1n) is 10.0. The van der Waals surface area contributed by atoms with Crippen LogP contribution in [0.5, 0.6) is 0 Å². The highest BCUT2D eigenvalue weighted by Gasteiger charge is 2.22. The highest BCUT2D eigenvalue weighted by Crippen LogP contribution is 2.26. The number of nitrogens with one attached hydrogen (secondary N) is 3. The van der Waals surface area contributed by atoms with Crippen molar-refractivity contribution in [2.75, 3.05) is 24.6 Å². The molecule has 2 aromatic heterocycles. The highest BCUT2D eigenvalue weighted by molar-refractivity contribution is 5.94. The molecule has 8 heteroatoms. The summed E-state index contributed by atoms with van der Waals surface area (Å²) in [5, 5.41) is 22.5. The lowest BCUT2D eigenvalue weighted by molar-refractivity contribution is 0.0963. The fourth-order valence-corrected chi connectivity index (χ4v) is 3.41. The summed E-state index contributed by atoms with van der Waals surface area (Å²) in [5.74, 6) is 1.05. The minimum absolute atomic E-state index is 0.0950. The van der Waals surface area contributed by atoms with E-state index in [1.807, 2.05) is 54.6 Å². The molecule has 8 nitrogen and oxygen atoms in total. The van der Waals surface area contributed by atoms with E-state index in [1.54, 1.807) is 7.05 Å². The van der Waals surface area contributed by atoms with Crippen LogP contribution >= 0.6 is 0 Å². The summed E-state index contributed by atoms with van der Waals surface area (Å²) in [6.45, 7) is 4.88. The van der Waals surface area contributed by atoms with Crippen molar-refractivity contribution < 1.29 is 4.79 Å². The van der Waals surface area contributed by atoms with Crippen LogP contribution in [-0.2, 0) is 5.41 Å². The quantitative estimate of drug-likeness (QED) is 0.383. The topological polar surface area (TPSA) is 122 Å². The number of carbonyl (C=O) groups is 1. The molecule has 31 heavy (non-hydrogen) atoms. The van der Waals surface area contributed by atoms with E-state index < -0.39 is 0 Å². The van der Waals surface area contributed by atoms with Crippen LogP contribution in [0.2, 0.25) is 0 Å². The van der Waals surface area contributed by atoms with Gasteiger partial charge in [-0.2, -0.15) is 5.10 Å². The van der Waals surface area contributed by atoms with Gasteiger partial charge >= 0.3 is 0 Å². The maximum absolute atomic E-state index is 11.9. The first kappa shape index (κ1) is 20.3. The molecule has 1 amide bonds. The lowest BCUT2D eigenvalue weighted by Crippen LogP contribution is -2.28. The van der Waals surface area contributed by atoms with Crippen molar-refractivity contribution in [3.05, 3.63) is 65.7 Å². The zero-order valence-electron chi connectivity index (χ0n) is 17.7. The molecule has 0 bridgehead atoms. The Morgan fingerprint density at radius 1 is 1.10 bits per heavy atom. The number of benzene rings is 2. The molecule has 0 aliphatic heterocycles. The van der Waals surface area contributed by atoms with Crippen molar-refractivity contribution in [1.29, 1.82) is 0 Å². The van der Waals surface area contributed by atoms with E-state index in [4.69, 9.17) is 5.73 Å². The summed E-state index contributed by atoms with van der Waals surface area (Å²) >= 11 is 0. The standard InChI is InChI=1S/C23H25N7O/c1-23(2,16-6-4-5-15(11-16)22(31)25-3)13-26-20-10-9-18(27-29-20)14-7-8-19-17(12-14)21(24)30-28-19/h4-12H,13H2,1-3H3,(H,25,31)(H,26,29)(H3,24,28,30). The number of aromatic amines is 1. The number of nitrogens with zero attached hydrogens (tertiary/aromatic N) is 3. The molecule has 0 aliphatic rings. The molecule has 0 radical (unpaired) electrons. The molecule has 4 rings (SSSR count). The molecular formula is C23H25N7O. The number of nitrogens with two attached hydrogens (primary N) is 1. The first-order chi connectivity index (χ1) is 14.9. The van der Waals surface area contributed by atoms with Crippen LogP contribution in [0.4, 0.5) is 11.6 Å². The van der Waals surface area contributed by atoms with E-state index in [1.165, 1.54) is 0 Å². The molecule has 4 aromatic rings. The second-order valence-electron chi connectivity index (χ2n) is 8.07. The third kappa shape index (κ3) is 4.18. The van der Waals surface area contributed by atoms with Gasteiger partial charge in [-0.05, 0) is 42.0 Å². The number of H-pyrrole nitrogens is 1. The fraction of sp³-hybridized carbons (Fsp3) is 0.217. The summed E-state index contributed by atoms with van der Waals surface area (Å²) in [4.78, 5) is 11.9. The van der Waals surface area contributed by atoms with Gasteiger partial charge in [0.15, 0.2) is 5.82 Å². The predicted octanol–water partition coefficient (Wildman–Crippen LogP) is 3.35. The number of amides is 1. The van der Waals surface area contributed by atoms with E-state index in [-0.39, 0.29) is 11.3 Å². The minimum Gasteiger partial charge on any atom is -0.382 e. The van der Waals surface area contributed by atoms with Crippen LogP contribution in [0.1, 0.15) is 29.8 Å². The summed E-state index contributed by atoms with van der Waals surface area (Å²) in [6.07, 6.45) is 0. The van der Waals surface area contributed by atoms with Crippen molar-refractivity contribution >= 4 is 28.4 Å². The second kappa shape index (κ2) is 8.06. The first-order valence-corrected chi connectivity index (χ1v) is 10.0. The molecule has 2 heterocycles. The number of rotatable bonds is 6. The monoisotopic (exact) mass is 415 g/mol. The predicted molar refractivity (Wildman–Crippen MR) is 123 cm³/mol. The van der Waals surface area contributed by atoms with Gasteiger partial charge < -0.3 is 16.4 Å². The van der Waals surface area contributed by atoms with Crippen LogP contribution in [0.25, 0.3) is 22.2 Å². The smallest absolute Gasteiger partial charge is 0.251 e. The molecule has 158 valence electrons. The molecule has 0 aliphatic carbocycles. The highest BCUT2D eigenvalue weighted by atomic mass is 16.1. The number of anilines is 2. The molecule has 0 saturated heterocycles. The van der Waals surface area contributed by atoms with E-state index in [9.17, 15) is 4.79 Å². The van der Waals surface area contributed by atoms with E-state index in [2.05, 4.69) is 44.9 Å². The summed E-state index contributed by atoms with van der Waals surface area (Å²) in [7, 11) is 1.63. The Kier molecular flexibility index (Phi) is 5.29. The number of aromatic nitrogens is 4. The normalized spacial score (nSPS) is 11.5. The van der Waals surface area contributed by atoms with Crippen LogP contribution < -0.4 is 16.4 Å².